The lowest BCUT2D eigenvalue weighted by Crippen LogP contribution is -2.16. The minimum absolute atomic E-state index is 0.0668. The average Bonchev–Trinajstić information content (AvgIpc) is 2.43. The highest BCUT2D eigenvalue weighted by atomic mass is 16.5. The summed E-state index contributed by atoms with van der Waals surface area (Å²) in [5.41, 5.74) is 0.615. The van der Waals surface area contributed by atoms with Crippen LogP contribution in [0, 0.1) is 0 Å². The summed E-state index contributed by atoms with van der Waals surface area (Å²) in [7, 11) is 0. The molecule has 0 unspecified atom stereocenters. The largest absolute Gasteiger partial charge is 0.508 e. The first-order valence-corrected chi connectivity index (χ1v) is 8.01. The number of carbonyl (C=O) groups excluding carboxylic acids is 1. The number of phenols is 2. The second-order valence-corrected chi connectivity index (χ2v) is 5.89. The molecule has 0 saturated heterocycles. The van der Waals surface area contributed by atoms with Gasteiger partial charge in [0.25, 0.3) is 0 Å². The number of hydrogen-bond donors (Lipinski definition) is 2. The zero-order valence-corrected chi connectivity index (χ0v) is 13.0. The van der Waals surface area contributed by atoms with Crippen molar-refractivity contribution in [2.24, 2.45) is 0 Å². The third-order valence-corrected chi connectivity index (χ3v) is 3.92. The Morgan fingerprint density at radius 2 is 1.82 bits per heavy atom. The van der Waals surface area contributed by atoms with Gasteiger partial charge in [-0.15, -0.1) is 0 Å². The number of aromatic hydroxyl groups is 2. The molecule has 2 N–H and O–H groups in total. The van der Waals surface area contributed by atoms with Gasteiger partial charge in [-0.1, -0.05) is 31.4 Å². The van der Waals surface area contributed by atoms with Gasteiger partial charge in [-0.2, -0.15) is 0 Å². The van der Waals surface area contributed by atoms with Crippen molar-refractivity contribution in [3.05, 3.63) is 29.3 Å². The molecule has 0 fully saturated rings. The summed E-state index contributed by atoms with van der Waals surface area (Å²) in [6.45, 7) is 1.87. The smallest absolute Gasteiger partial charge is 0.342 e. The number of carbonyl (C=O) groups is 1. The first-order valence-electron chi connectivity index (χ1n) is 8.01. The first-order chi connectivity index (χ1) is 10.6. The van der Waals surface area contributed by atoms with E-state index < -0.39 is 5.97 Å². The number of phenolic OH excluding ortho intramolecular Hbond substituents is 2. The Hall–Kier alpha value is -1.97. The zero-order valence-electron chi connectivity index (χ0n) is 13.0. The molecule has 120 valence electrons. The van der Waals surface area contributed by atoms with E-state index in [4.69, 9.17) is 4.74 Å². The summed E-state index contributed by atoms with van der Waals surface area (Å²) in [4.78, 5) is 12.3. The van der Waals surface area contributed by atoms with Crippen LogP contribution in [0.1, 0.15) is 67.8 Å². The van der Waals surface area contributed by atoms with Crippen LogP contribution in [-0.2, 0) is 4.74 Å². The Balaban J connectivity index is 2.30. The van der Waals surface area contributed by atoms with E-state index in [1.165, 1.54) is 25.0 Å². The summed E-state index contributed by atoms with van der Waals surface area (Å²) in [5, 5.41) is 19.6. The van der Waals surface area contributed by atoms with Crippen molar-refractivity contribution >= 4 is 12.0 Å². The molecule has 1 aliphatic rings. The average molecular weight is 304 g/mol. The van der Waals surface area contributed by atoms with E-state index in [9.17, 15) is 15.0 Å². The highest BCUT2D eigenvalue weighted by Gasteiger charge is 2.20. The first kappa shape index (κ1) is 16.4. The van der Waals surface area contributed by atoms with E-state index >= 15 is 0 Å². The number of rotatable bonds is 0. The maximum Gasteiger partial charge on any atom is 0.342 e. The van der Waals surface area contributed by atoms with Crippen LogP contribution in [-0.4, -0.2) is 22.3 Å². The van der Waals surface area contributed by atoms with Crippen LogP contribution in [0.3, 0.4) is 0 Å². The lowest BCUT2D eigenvalue weighted by Gasteiger charge is -2.15. The second-order valence-electron chi connectivity index (χ2n) is 5.89. The second kappa shape index (κ2) is 7.87. The summed E-state index contributed by atoms with van der Waals surface area (Å²) in [6, 6.07) is 2.64. The van der Waals surface area contributed by atoms with Gasteiger partial charge in [0.1, 0.15) is 17.1 Å². The lowest BCUT2D eigenvalue weighted by molar-refractivity contribution is 0.0316. The van der Waals surface area contributed by atoms with E-state index in [0.29, 0.717) is 5.56 Å². The maximum absolute atomic E-state index is 12.3. The highest BCUT2D eigenvalue weighted by Crippen LogP contribution is 2.30. The van der Waals surface area contributed by atoms with E-state index in [-0.39, 0.29) is 23.2 Å². The summed E-state index contributed by atoms with van der Waals surface area (Å²) >= 11 is 0. The van der Waals surface area contributed by atoms with Crippen molar-refractivity contribution in [3.8, 4) is 11.5 Å². The molecule has 0 aromatic heterocycles. The number of benzene rings is 1. The molecule has 4 heteroatoms. The number of fused-ring (bicyclic) bond motifs is 1. The van der Waals surface area contributed by atoms with E-state index in [0.717, 1.165) is 32.1 Å². The molecule has 0 bridgehead atoms. The Kier molecular flexibility index (Phi) is 5.87. The van der Waals surface area contributed by atoms with Crippen molar-refractivity contribution < 1.29 is 19.7 Å². The molecule has 2 rings (SSSR count). The molecule has 0 amide bonds. The van der Waals surface area contributed by atoms with Gasteiger partial charge in [0.15, 0.2) is 0 Å². The van der Waals surface area contributed by atoms with Gasteiger partial charge in [0.2, 0.25) is 0 Å². The van der Waals surface area contributed by atoms with Crippen LogP contribution in [0.4, 0.5) is 0 Å². The molecule has 0 spiro atoms. The number of esters is 1. The monoisotopic (exact) mass is 304 g/mol. The minimum Gasteiger partial charge on any atom is -0.508 e. The number of hydrogen-bond acceptors (Lipinski definition) is 4. The van der Waals surface area contributed by atoms with Crippen LogP contribution >= 0.6 is 0 Å². The quantitative estimate of drug-likeness (QED) is 0.697. The minimum atomic E-state index is -0.540. The van der Waals surface area contributed by atoms with Crippen molar-refractivity contribution in [1.82, 2.24) is 0 Å². The van der Waals surface area contributed by atoms with Crippen LogP contribution in [0.2, 0.25) is 0 Å². The van der Waals surface area contributed by atoms with Crippen molar-refractivity contribution in [3.63, 3.8) is 0 Å². The third-order valence-electron chi connectivity index (χ3n) is 3.92. The SMILES string of the molecule is C[C@H]1CCCCCCC/C=C/c2cc(O)cc(O)c2C(=O)O1. The van der Waals surface area contributed by atoms with Gasteiger partial charge < -0.3 is 14.9 Å². The van der Waals surface area contributed by atoms with Crippen LogP contribution in [0.15, 0.2) is 18.2 Å². The predicted molar refractivity (Wildman–Crippen MR) is 86.0 cm³/mol. The van der Waals surface area contributed by atoms with Crippen LogP contribution < -0.4 is 0 Å². The molecule has 0 saturated carbocycles. The molecular weight excluding hydrogens is 280 g/mol. The Morgan fingerprint density at radius 3 is 2.64 bits per heavy atom. The normalized spacial score (nSPS) is 22.2. The number of cyclic esters (lactones) is 1. The van der Waals surface area contributed by atoms with Gasteiger partial charge in [0.05, 0.1) is 6.10 Å². The molecule has 1 heterocycles. The summed E-state index contributed by atoms with van der Waals surface area (Å²) in [5.74, 6) is -0.853. The molecule has 0 radical (unpaired) electrons. The Bertz CT molecular complexity index is 548. The summed E-state index contributed by atoms with van der Waals surface area (Å²) < 4.78 is 5.43. The standard InChI is InChI=1S/C18H24O4/c1-13-9-7-5-3-2-4-6-8-10-14-11-15(19)12-16(20)17(14)18(21)22-13/h8,10-13,19-20H,2-7,9H2,1H3/b10-8+/t13-/m0/s1. The maximum atomic E-state index is 12.3. The van der Waals surface area contributed by atoms with Gasteiger partial charge in [-0.3, -0.25) is 0 Å². The molecule has 0 aliphatic carbocycles. The highest BCUT2D eigenvalue weighted by molar-refractivity contribution is 5.97. The fourth-order valence-corrected chi connectivity index (χ4v) is 2.72. The Morgan fingerprint density at radius 1 is 1.09 bits per heavy atom. The molecule has 4 nitrogen and oxygen atoms in total. The molecule has 1 aromatic carbocycles. The van der Waals surface area contributed by atoms with Crippen LogP contribution in [0.5, 0.6) is 11.5 Å². The van der Waals surface area contributed by atoms with E-state index in [1.807, 2.05) is 13.0 Å². The van der Waals surface area contributed by atoms with Gasteiger partial charge in [-0.25, -0.2) is 4.79 Å². The van der Waals surface area contributed by atoms with Crippen molar-refractivity contribution in [2.45, 2.75) is 58.0 Å². The van der Waals surface area contributed by atoms with Crippen molar-refractivity contribution in [1.29, 1.82) is 0 Å². The fourth-order valence-electron chi connectivity index (χ4n) is 2.72. The zero-order chi connectivity index (χ0) is 15.9. The predicted octanol–water partition coefficient (Wildman–Crippen LogP) is 4.40. The third kappa shape index (κ3) is 4.52. The van der Waals surface area contributed by atoms with E-state index in [1.54, 1.807) is 6.08 Å². The molecule has 22 heavy (non-hydrogen) atoms. The molecule has 1 aliphatic heterocycles. The van der Waals surface area contributed by atoms with Crippen molar-refractivity contribution in [2.75, 3.05) is 0 Å². The lowest BCUT2D eigenvalue weighted by atomic mass is 10.0. The molecule has 1 atom stereocenters. The molecular formula is C18H24O4. The topological polar surface area (TPSA) is 66.8 Å². The molecule has 1 aromatic rings. The summed E-state index contributed by atoms with van der Waals surface area (Å²) in [6.07, 6.45) is 11.0. The van der Waals surface area contributed by atoms with E-state index in [2.05, 4.69) is 0 Å². The van der Waals surface area contributed by atoms with Gasteiger partial charge in [-0.05, 0) is 44.2 Å². The fraction of sp³-hybridized carbons (Fsp3) is 0.500. The number of ether oxygens (including phenoxy) is 1. The van der Waals surface area contributed by atoms with Gasteiger partial charge >= 0.3 is 5.97 Å². The van der Waals surface area contributed by atoms with Crippen LogP contribution in [0.25, 0.3) is 6.08 Å². The Labute approximate surface area is 131 Å². The number of allylic oxidation sites excluding steroid dienone is 1. The van der Waals surface area contributed by atoms with Gasteiger partial charge in [0, 0.05) is 6.07 Å².